The van der Waals surface area contributed by atoms with Crippen molar-refractivity contribution in [3.8, 4) is 0 Å². The van der Waals surface area contributed by atoms with Crippen LogP contribution in [0.2, 0.25) is 0 Å². The molecule has 0 aliphatic rings. The van der Waals surface area contributed by atoms with Crippen LogP contribution in [0.3, 0.4) is 0 Å². The molecule has 0 saturated heterocycles. The van der Waals surface area contributed by atoms with Crippen LogP contribution in [0.25, 0.3) is 0 Å². The Morgan fingerprint density at radius 1 is 1.77 bits per heavy atom. The van der Waals surface area contributed by atoms with Crippen LogP contribution in [0.15, 0.2) is 17.0 Å². The number of hydrogen-bond donors (Lipinski definition) is 2. The Hall–Kier alpha value is -1.36. The van der Waals surface area contributed by atoms with Gasteiger partial charge >= 0.3 is 0 Å². The van der Waals surface area contributed by atoms with E-state index in [0.29, 0.717) is 6.54 Å². The van der Waals surface area contributed by atoms with Crippen molar-refractivity contribution in [2.24, 2.45) is 0 Å². The second kappa shape index (κ2) is 4.61. The first-order valence-electron chi connectivity index (χ1n) is 4.07. The summed E-state index contributed by atoms with van der Waals surface area (Å²) in [4.78, 5) is 11.1. The van der Waals surface area contributed by atoms with Crippen molar-refractivity contribution in [3.63, 3.8) is 0 Å². The predicted octanol–water partition coefficient (Wildman–Crippen LogP) is -0.101. The summed E-state index contributed by atoms with van der Waals surface area (Å²) in [7, 11) is 1.61. The summed E-state index contributed by atoms with van der Waals surface area (Å²) in [5.74, 6) is -0.0311. The highest BCUT2D eigenvalue weighted by atomic mass is 16.5. The zero-order valence-corrected chi connectivity index (χ0v) is 7.70. The fourth-order valence-corrected chi connectivity index (χ4v) is 0.894. The minimum Gasteiger partial charge on any atom is -0.364 e. The van der Waals surface area contributed by atoms with Gasteiger partial charge in [-0.25, -0.2) is 0 Å². The van der Waals surface area contributed by atoms with E-state index in [9.17, 15) is 4.79 Å². The molecule has 1 amide bonds. The molecular weight excluding hydrogens is 170 g/mol. The molecular formula is C8H13N3O2. The molecule has 5 nitrogen and oxygen atoms in total. The molecule has 5 heteroatoms. The Bertz CT molecular complexity index is 258. The molecule has 0 aliphatic heterocycles. The van der Waals surface area contributed by atoms with Gasteiger partial charge in [-0.3, -0.25) is 4.79 Å². The lowest BCUT2D eigenvalue weighted by Gasteiger charge is -2.10. The van der Waals surface area contributed by atoms with Crippen molar-refractivity contribution >= 4 is 5.91 Å². The molecule has 1 atom stereocenters. The van der Waals surface area contributed by atoms with E-state index in [-0.39, 0.29) is 11.9 Å². The van der Waals surface area contributed by atoms with Crippen LogP contribution in [0, 0.1) is 0 Å². The third kappa shape index (κ3) is 2.87. The SMILES string of the molecule is CNC(=O)C(C)NCc1cnoc1. The number of rotatable bonds is 4. The van der Waals surface area contributed by atoms with Crippen LogP contribution < -0.4 is 10.6 Å². The number of carbonyl (C=O) groups excluding carboxylic acids is 1. The number of hydrogen-bond acceptors (Lipinski definition) is 4. The third-order valence-electron chi connectivity index (χ3n) is 1.74. The van der Waals surface area contributed by atoms with E-state index in [1.54, 1.807) is 26.4 Å². The summed E-state index contributed by atoms with van der Waals surface area (Å²) in [5.41, 5.74) is 0.927. The maximum Gasteiger partial charge on any atom is 0.236 e. The third-order valence-corrected chi connectivity index (χ3v) is 1.74. The average Bonchev–Trinajstić information content (AvgIpc) is 2.65. The van der Waals surface area contributed by atoms with Gasteiger partial charge in [0, 0.05) is 19.2 Å². The molecule has 1 rings (SSSR count). The highest BCUT2D eigenvalue weighted by molar-refractivity contribution is 5.80. The average molecular weight is 183 g/mol. The van der Waals surface area contributed by atoms with Crippen LogP contribution in [0.4, 0.5) is 0 Å². The van der Waals surface area contributed by atoms with E-state index < -0.39 is 0 Å². The number of aromatic nitrogens is 1. The Morgan fingerprint density at radius 3 is 3.08 bits per heavy atom. The maximum atomic E-state index is 11.1. The summed E-state index contributed by atoms with van der Waals surface area (Å²) >= 11 is 0. The lowest BCUT2D eigenvalue weighted by atomic mass is 10.3. The second-order valence-electron chi connectivity index (χ2n) is 2.75. The van der Waals surface area contributed by atoms with Crippen molar-refractivity contribution in [1.82, 2.24) is 15.8 Å². The van der Waals surface area contributed by atoms with Gasteiger partial charge in [-0.05, 0) is 6.92 Å². The van der Waals surface area contributed by atoms with Gasteiger partial charge in [-0.1, -0.05) is 5.16 Å². The monoisotopic (exact) mass is 183 g/mol. The number of nitrogens with zero attached hydrogens (tertiary/aromatic N) is 1. The van der Waals surface area contributed by atoms with Gasteiger partial charge in [0.25, 0.3) is 0 Å². The first kappa shape index (κ1) is 9.73. The first-order chi connectivity index (χ1) is 6.24. The molecule has 1 unspecified atom stereocenters. The van der Waals surface area contributed by atoms with Crippen molar-refractivity contribution in [2.75, 3.05) is 7.05 Å². The fourth-order valence-electron chi connectivity index (χ4n) is 0.894. The van der Waals surface area contributed by atoms with Gasteiger partial charge in [-0.15, -0.1) is 0 Å². The minimum absolute atomic E-state index is 0.0311. The highest BCUT2D eigenvalue weighted by Crippen LogP contribution is 1.95. The van der Waals surface area contributed by atoms with E-state index in [2.05, 4.69) is 20.3 Å². The number of carbonyl (C=O) groups is 1. The van der Waals surface area contributed by atoms with Gasteiger partial charge in [-0.2, -0.15) is 0 Å². The second-order valence-corrected chi connectivity index (χ2v) is 2.75. The van der Waals surface area contributed by atoms with Gasteiger partial charge in [0.2, 0.25) is 5.91 Å². The molecule has 0 radical (unpaired) electrons. The summed E-state index contributed by atoms with van der Waals surface area (Å²) in [5, 5.41) is 9.13. The Kier molecular flexibility index (Phi) is 3.45. The van der Waals surface area contributed by atoms with Crippen LogP contribution in [-0.2, 0) is 11.3 Å². The van der Waals surface area contributed by atoms with Gasteiger partial charge in [0.15, 0.2) is 0 Å². The summed E-state index contributed by atoms with van der Waals surface area (Å²) in [6.45, 7) is 2.38. The quantitative estimate of drug-likeness (QED) is 0.684. The van der Waals surface area contributed by atoms with Crippen molar-refractivity contribution in [3.05, 3.63) is 18.0 Å². The molecule has 0 aromatic carbocycles. The summed E-state index contributed by atoms with van der Waals surface area (Å²) in [6.07, 6.45) is 3.16. The smallest absolute Gasteiger partial charge is 0.236 e. The molecule has 72 valence electrons. The van der Waals surface area contributed by atoms with Gasteiger partial charge in [0.1, 0.15) is 6.26 Å². The predicted molar refractivity (Wildman–Crippen MR) is 46.9 cm³/mol. The normalized spacial score (nSPS) is 12.5. The van der Waals surface area contributed by atoms with Gasteiger partial charge < -0.3 is 15.2 Å². The van der Waals surface area contributed by atoms with E-state index in [4.69, 9.17) is 0 Å². The fraction of sp³-hybridized carbons (Fsp3) is 0.500. The number of nitrogens with one attached hydrogen (secondary N) is 2. The number of amides is 1. The Balaban J connectivity index is 2.30. The minimum atomic E-state index is -0.208. The number of likely N-dealkylation sites (N-methyl/N-ethyl adjacent to an activating group) is 1. The molecule has 0 bridgehead atoms. The van der Waals surface area contributed by atoms with Crippen molar-refractivity contribution in [2.45, 2.75) is 19.5 Å². The largest absolute Gasteiger partial charge is 0.364 e. The molecule has 0 fully saturated rings. The molecule has 1 aromatic heterocycles. The molecule has 0 spiro atoms. The molecule has 1 aromatic rings. The van der Waals surface area contributed by atoms with Crippen molar-refractivity contribution in [1.29, 1.82) is 0 Å². The standard InChI is InChI=1S/C8H13N3O2/c1-6(8(12)9-2)10-3-7-4-11-13-5-7/h4-6,10H,3H2,1-2H3,(H,9,12). The van der Waals surface area contributed by atoms with Crippen LogP contribution >= 0.6 is 0 Å². The molecule has 0 saturated carbocycles. The molecule has 0 aliphatic carbocycles. The maximum absolute atomic E-state index is 11.1. The molecule has 1 heterocycles. The van der Waals surface area contributed by atoms with Crippen LogP contribution in [0.5, 0.6) is 0 Å². The van der Waals surface area contributed by atoms with E-state index in [1.807, 2.05) is 0 Å². The van der Waals surface area contributed by atoms with Crippen LogP contribution in [0.1, 0.15) is 12.5 Å². The molecule has 2 N–H and O–H groups in total. The lowest BCUT2D eigenvalue weighted by molar-refractivity contribution is -0.122. The summed E-state index contributed by atoms with van der Waals surface area (Å²) in [6, 6.07) is -0.208. The first-order valence-corrected chi connectivity index (χ1v) is 4.07. The highest BCUT2D eigenvalue weighted by Gasteiger charge is 2.09. The Morgan fingerprint density at radius 2 is 2.54 bits per heavy atom. The Labute approximate surface area is 76.5 Å². The zero-order chi connectivity index (χ0) is 9.68. The zero-order valence-electron chi connectivity index (χ0n) is 7.70. The van der Waals surface area contributed by atoms with Crippen LogP contribution in [-0.4, -0.2) is 24.2 Å². The molecule has 13 heavy (non-hydrogen) atoms. The van der Waals surface area contributed by atoms with Crippen molar-refractivity contribution < 1.29 is 9.32 Å². The van der Waals surface area contributed by atoms with E-state index >= 15 is 0 Å². The summed E-state index contributed by atoms with van der Waals surface area (Å²) < 4.78 is 4.64. The van der Waals surface area contributed by atoms with E-state index in [1.165, 1.54) is 0 Å². The topological polar surface area (TPSA) is 67.2 Å². The lowest BCUT2D eigenvalue weighted by Crippen LogP contribution is -2.40. The van der Waals surface area contributed by atoms with Gasteiger partial charge in [0.05, 0.1) is 12.2 Å². The van der Waals surface area contributed by atoms with E-state index in [0.717, 1.165) is 5.56 Å².